The first kappa shape index (κ1) is 16.2. The highest BCUT2D eigenvalue weighted by Crippen LogP contribution is 2.20. The highest BCUT2D eigenvalue weighted by molar-refractivity contribution is 5.97. The normalized spacial score (nSPS) is 18.2. The number of fused-ring (bicyclic) bond motifs is 1. The van der Waals surface area contributed by atoms with Crippen molar-refractivity contribution in [2.24, 2.45) is 5.92 Å². The Hall–Kier alpha value is -2.63. The Morgan fingerprint density at radius 3 is 2.92 bits per heavy atom. The van der Waals surface area contributed by atoms with Gasteiger partial charge in [-0.25, -0.2) is 4.98 Å². The number of hydrogen-bond acceptors (Lipinski definition) is 3. The van der Waals surface area contributed by atoms with Gasteiger partial charge < -0.3 is 14.8 Å². The molecule has 0 saturated carbocycles. The molecule has 2 aromatic heterocycles. The molecule has 0 bridgehead atoms. The van der Waals surface area contributed by atoms with Gasteiger partial charge in [-0.05, 0) is 24.1 Å². The molecule has 126 valence electrons. The number of pyridine rings is 1. The molecule has 1 N–H and O–H groups in total. The lowest BCUT2D eigenvalue weighted by molar-refractivity contribution is -0.131. The summed E-state index contributed by atoms with van der Waals surface area (Å²) in [5, 5.41) is 0.918. The molecule has 0 aromatic carbocycles. The van der Waals surface area contributed by atoms with Crippen LogP contribution in [0.2, 0.25) is 0 Å². The molecule has 3 rings (SSSR count). The van der Waals surface area contributed by atoms with Crippen LogP contribution in [-0.2, 0) is 4.79 Å². The van der Waals surface area contributed by atoms with Crippen molar-refractivity contribution < 1.29 is 9.59 Å². The number of hydrogen-bond donors (Lipinski definition) is 1. The first-order chi connectivity index (χ1) is 11.5. The van der Waals surface area contributed by atoms with Crippen LogP contribution in [0.25, 0.3) is 11.0 Å². The van der Waals surface area contributed by atoms with Gasteiger partial charge >= 0.3 is 0 Å². The summed E-state index contributed by atoms with van der Waals surface area (Å²) in [5.41, 5.74) is 1.35. The zero-order valence-corrected chi connectivity index (χ0v) is 14.0. The Balaban J connectivity index is 1.80. The third-order valence-corrected chi connectivity index (χ3v) is 4.58. The van der Waals surface area contributed by atoms with Crippen molar-refractivity contribution in [1.82, 2.24) is 19.8 Å². The average Bonchev–Trinajstić information content (AvgIpc) is 3.07. The Bertz CT molecular complexity index is 780. The Labute approximate surface area is 141 Å². The van der Waals surface area contributed by atoms with Gasteiger partial charge in [-0.15, -0.1) is 0 Å². The van der Waals surface area contributed by atoms with Crippen LogP contribution in [-0.4, -0.2) is 57.3 Å². The fourth-order valence-electron chi connectivity index (χ4n) is 3.20. The molecule has 1 atom stereocenters. The second kappa shape index (κ2) is 6.47. The smallest absolute Gasteiger partial charge is 0.255 e. The van der Waals surface area contributed by atoms with Gasteiger partial charge in [0, 0.05) is 37.4 Å². The fourth-order valence-corrected chi connectivity index (χ4v) is 3.20. The maximum absolute atomic E-state index is 12.8. The molecule has 24 heavy (non-hydrogen) atoms. The minimum absolute atomic E-state index is 0.00264. The number of carbonyl (C=O) groups excluding carboxylic acids is 2. The molecular weight excluding hydrogens is 304 g/mol. The lowest BCUT2D eigenvalue weighted by Crippen LogP contribution is -2.58. The van der Waals surface area contributed by atoms with Gasteiger partial charge in [0.1, 0.15) is 5.65 Å². The third kappa shape index (κ3) is 2.91. The number of piperazine rings is 1. The second-order valence-corrected chi connectivity index (χ2v) is 6.44. The van der Waals surface area contributed by atoms with E-state index in [0.29, 0.717) is 25.2 Å². The van der Waals surface area contributed by atoms with Gasteiger partial charge in [0.2, 0.25) is 5.91 Å². The maximum Gasteiger partial charge on any atom is 0.255 e. The summed E-state index contributed by atoms with van der Waals surface area (Å²) in [6.07, 6.45) is 4.75. The van der Waals surface area contributed by atoms with Crippen LogP contribution in [0.15, 0.2) is 37.2 Å². The van der Waals surface area contributed by atoms with E-state index in [4.69, 9.17) is 0 Å². The van der Waals surface area contributed by atoms with E-state index in [2.05, 4.69) is 30.4 Å². The number of nitrogens with zero attached hydrogens (tertiary/aromatic N) is 3. The monoisotopic (exact) mass is 326 g/mol. The summed E-state index contributed by atoms with van der Waals surface area (Å²) < 4.78 is 0. The SMILES string of the molecule is C=CC(=O)N1CCN(C(=O)c2cnc3[nH]ccc3c2)C[C@@H]1C(C)C. The highest BCUT2D eigenvalue weighted by Gasteiger charge is 2.33. The van der Waals surface area contributed by atoms with E-state index in [0.717, 1.165) is 11.0 Å². The molecule has 6 heteroatoms. The molecule has 0 unspecified atom stereocenters. The van der Waals surface area contributed by atoms with E-state index < -0.39 is 0 Å². The van der Waals surface area contributed by atoms with Crippen molar-refractivity contribution in [3.63, 3.8) is 0 Å². The standard InChI is InChI=1S/C18H22N4O2/c1-4-16(23)22-8-7-21(11-15(22)12(2)3)18(24)14-9-13-5-6-19-17(13)20-10-14/h4-6,9-10,12,15H,1,7-8,11H2,2-3H3,(H,19,20)/t15-/m1/s1. The van der Waals surface area contributed by atoms with Gasteiger partial charge in [-0.2, -0.15) is 0 Å². The topological polar surface area (TPSA) is 69.3 Å². The average molecular weight is 326 g/mol. The minimum Gasteiger partial charge on any atom is -0.346 e. The number of aromatic amines is 1. The van der Waals surface area contributed by atoms with Crippen LogP contribution in [0.5, 0.6) is 0 Å². The van der Waals surface area contributed by atoms with Crippen molar-refractivity contribution in [2.45, 2.75) is 19.9 Å². The summed E-state index contributed by atoms with van der Waals surface area (Å²) in [5.74, 6) is 0.146. The molecule has 0 radical (unpaired) electrons. The second-order valence-electron chi connectivity index (χ2n) is 6.44. The summed E-state index contributed by atoms with van der Waals surface area (Å²) >= 11 is 0. The van der Waals surface area contributed by atoms with Crippen molar-refractivity contribution in [2.75, 3.05) is 19.6 Å². The van der Waals surface area contributed by atoms with Crippen LogP contribution in [0, 0.1) is 5.92 Å². The predicted octanol–water partition coefficient (Wildman–Crippen LogP) is 2.06. The van der Waals surface area contributed by atoms with Crippen molar-refractivity contribution in [1.29, 1.82) is 0 Å². The molecule has 0 spiro atoms. The Morgan fingerprint density at radius 1 is 1.42 bits per heavy atom. The zero-order valence-electron chi connectivity index (χ0n) is 14.0. The summed E-state index contributed by atoms with van der Waals surface area (Å²) in [7, 11) is 0. The highest BCUT2D eigenvalue weighted by atomic mass is 16.2. The van der Waals surface area contributed by atoms with Gasteiger partial charge in [0.05, 0.1) is 11.6 Å². The van der Waals surface area contributed by atoms with Crippen molar-refractivity contribution in [3.05, 3.63) is 42.7 Å². The number of rotatable bonds is 3. The zero-order chi connectivity index (χ0) is 17.3. The molecule has 1 aliphatic rings. The first-order valence-electron chi connectivity index (χ1n) is 8.16. The van der Waals surface area contributed by atoms with Crippen molar-refractivity contribution in [3.8, 4) is 0 Å². The van der Waals surface area contributed by atoms with Crippen LogP contribution in [0.4, 0.5) is 0 Å². The predicted molar refractivity (Wildman–Crippen MR) is 92.5 cm³/mol. The lowest BCUT2D eigenvalue weighted by atomic mass is 9.99. The summed E-state index contributed by atoms with van der Waals surface area (Å²) in [6.45, 7) is 9.28. The van der Waals surface area contributed by atoms with Crippen LogP contribution >= 0.6 is 0 Å². The molecule has 1 saturated heterocycles. The lowest BCUT2D eigenvalue weighted by Gasteiger charge is -2.43. The Morgan fingerprint density at radius 2 is 2.21 bits per heavy atom. The van der Waals surface area contributed by atoms with E-state index >= 15 is 0 Å². The number of amides is 2. The molecule has 2 amide bonds. The largest absolute Gasteiger partial charge is 0.346 e. The van der Waals surface area contributed by atoms with Gasteiger partial charge in [-0.1, -0.05) is 20.4 Å². The maximum atomic E-state index is 12.8. The van der Waals surface area contributed by atoms with Gasteiger partial charge in [-0.3, -0.25) is 9.59 Å². The van der Waals surface area contributed by atoms with Crippen molar-refractivity contribution >= 4 is 22.8 Å². The molecule has 2 aromatic rings. The number of carbonyl (C=O) groups is 2. The molecule has 1 fully saturated rings. The van der Waals surface area contributed by atoms with Gasteiger partial charge in [0.25, 0.3) is 5.91 Å². The third-order valence-electron chi connectivity index (χ3n) is 4.58. The van der Waals surface area contributed by atoms with E-state index in [1.54, 1.807) is 12.4 Å². The molecule has 3 heterocycles. The summed E-state index contributed by atoms with van der Waals surface area (Å²) in [4.78, 5) is 35.8. The van der Waals surface area contributed by atoms with Crippen LogP contribution in [0.3, 0.4) is 0 Å². The van der Waals surface area contributed by atoms with Gasteiger partial charge in [0.15, 0.2) is 0 Å². The number of nitrogens with one attached hydrogen (secondary N) is 1. The van der Waals surface area contributed by atoms with E-state index in [9.17, 15) is 9.59 Å². The first-order valence-corrected chi connectivity index (χ1v) is 8.16. The Kier molecular flexibility index (Phi) is 4.38. The van der Waals surface area contributed by atoms with E-state index in [1.807, 2.05) is 21.9 Å². The van der Waals surface area contributed by atoms with Crippen LogP contribution in [0.1, 0.15) is 24.2 Å². The molecule has 6 nitrogen and oxygen atoms in total. The van der Waals surface area contributed by atoms with Crippen LogP contribution < -0.4 is 0 Å². The molecule has 1 aliphatic heterocycles. The summed E-state index contributed by atoms with van der Waals surface area (Å²) in [6, 6.07) is 3.75. The van der Waals surface area contributed by atoms with E-state index in [-0.39, 0.29) is 23.8 Å². The quantitative estimate of drug-likeness (QED) is 0.878. The number of aromatic nitrogens is 2. The number of H-pyrrole nitrogens is 1. The minimum atomic E-state index is -0.0730. The molecular formula is C18H22N4O2. The molecule has 0 aliphatic carbocycles. The fraction of sp³-hybridized carbons (Fsp3) is 0.389. The van der Waals surface area contributed by atoms with E-state index in [1.165, 1.54) is 6.08 Å².